The summed E-state index contributed by atoms with van der Waals surface area (Å²) in [5, 5.41) is 1.11. The number of ether oxygens (including phenoxy) is 1. The summed E-state index contributed by atoms with van der Waals surface area (Å²) in [6, 6.07) is 14.6. The highest BCUT2D eigenvalue weighted by Gasteiger charge is 2.30. The van der Waals surface area contributed by atoms with Crippen LogP contribution in [0.2, 0.25) is 0 Å². The van der Waals surface area contributed by atoms with E-state index in [4.69, 9.17) is 0 Å². The summed E-state index contributed by atoms with van der Waals surface area (Å²) in [6.07, 6.45) is 1.84. The van der Waals surface area contributed by atoms with Crippen LogP contribution in [0, 0.1) is 17.5 Å². The summed E-state index contributed by atoms with van der Waals surface area (Å²) in [6.45, 7) is 0.363. The van der Waals surface area contributed by atoms with Gasteiger partial charge in [0.15, 0.2) is 24.0 Å². The van der Waals surface area contributed by atoms with Crippen LogP contribution in [-0.2, 0) is 19.3 Å². The summed E-state index contributed by atoms with van der Waals surface area (Å²) in [5.41, 5.74) is 3.38. The molecule has 1 heterocycles. The van der Waals surface area contributed by atoms with E-state index in [9.17, 15) is 22.0 Å². The molecule has 0 aliphatic rings. The Balaban J connectivity index is 1.46. The number of alkyl halides is 3. The molecule has 0 saturated carbocycles. The van der Waals surface area contributed by atoms with Gasteiger partial charge < -0.3 is 4.74 Å². The number of nitrogens with zero attached hydrogens (tertiary/aromatic N) is 1. The van der Waals surface area contributed by atoms with Crippen LogP contribution >= 0.6 is 0 Å². The Morgan fingerprint density at radius 3 is 2.21 bits per heavy atom. The first-order chi connectivity index (χ1) is 18.1. The molecule has 38 heavy (non-hydrogen) atoms. The van der Waals surface area contributed by atoms with Gasteiger partial charge in [0, 0.05) is 17.1 Å². The first kappa shape index (κ1) is 27.5. The third-order valence-electron chi connectivity index (χ3n) is 6.34. The summed E-state index contributed by atoms with van der Waals surface area (Å²) in [7, 11) is 0. The lowest BCUT2D eigenvalue weighted by atomic mass is 9.98. The highest BCUT2D eigenvalue weighted by Crippen LogP contribution is 2.29. The number of hydrogen-bond acceptors (Lipinski definition) is 2. The molecule has 2 nitrogen and oxygen atoms in total. The molecule has 0 fully saturated rings. The van der Waals surface area contributed by atoms with Crippen molar-refractivity contribution in [3.63, 3.8) is 0 Å². The van der Waals surface area contributed by atoms with Gasteiger partial charge in [-0.2, -0.15) is 13.2 Å². The third kappa shape index (κ3) is 6.85. The smallest absolute Gasteiger partial charge is 0.422 e. The van der Waals surface area contributed by atoms with E-state index in [1.54, 1.807) is 24.3 Å². The van der Waals surface area contributed by atoms with Crippen molar-refractivity contribution in [2.75, 3.05) is 6.61 Å². The normalized spacial score (nSPS) is 11.8. The fraction of sp³-hybridized carbons (Fsp3) is 0.300. The lowest BCUT2D eigenvalue weighted by Crippen LogP contribution is -2.20. The van der Waals surface area contributed by atoms with Gasteiger partial charge in [-0.1, -0.05) is 50.1 Å². The lowest BCUT2D eigenvalue weighted by molar-refractivity contribution is -0.154. The molecule has 0 saturated heterocycles. The molecule has 8 heteroatoms. The monoisotopic (exact) mass is 531 g/mol. The Kier molecular flexibility index (Phi) is 8.59. The molecule has 0 N–H and O–H groups in total. The first-order valence-corrected chi connectivity index (χ1v) is 12.5. The van der Waals surface area contributed by atoms with Crippen molar-refractivity contribution < 1.29 is 31.1 Å². The number of hydrogen-bond donors (Lipinski definition) is 0. The summed E-state index contributed by atoms with van der Waals surface area (Å²) in [4.78, 5) is 4.56. The van der Waals surface area contributed by atoms with Gasteiger partial charge in [-0.15, -0.1) is 0 Å². The minimum absolute atomic E-state index is 0.0857. The van der Waals surface area contributed by atoms with Crippen LogP contribution in [0.5, 0.6) is 5.75 Å². The highest BCUT2D eigenvalue weighted by atomic mass is 19.4. The molecule has 200 valence electrons. The van der Waals surface area contributed by atoms with Crippen molar-refractivity contribution in [2.24, 2.45) is 0 Å². The molecule has 4 aromatic rings. The molecule has 1 aromatic heterocycles. The van der Waals surface area contributed by atoms with Gasteiger partial charge >= 0.3 is 6.18 Å². The second-order valence-corrected chi connectivity index (χ2v) is 9.28. The summed E-state index contributed by atoms with van der Waals surface area (Å²) < 4.78 is 84.7. The van der Waals surface area contributed by atoms with Gasteiger partial charge in [-0.3, -0.25) is 4.98 Å². The Labute approximate surface area is 217 Å². The van der Waals surface area contributed by atoms with Gasteiger partial charge in [0.2, 0.25) is 0 Å². The van der Waals surface area contributed by atoms with E-state index in [0.717, 1.165) is 42.7 Å². The maximum Gasteiger partial charge on any atom is 0.422 e. The van der Waals surface area contributed by atoms with Crippen LogP contribution < -0.4 is 4.74 Å². The van der Waals surface area contributed by atoms with Crippen LogP contribution in [-0.4, -0.2) is 17.8 Å². The average Bonchev–Trinajstić information content (AvgIpc) is 2.87. The van der Waals surface area contributed by atoms with Crippen molar-refractivity contribution >= 4 is 10.8 Å². The lowest BCUT2D eigenvalue weighted by Gasteiger charge is -2.12. The molecule has 0 amide bonds. The summed E-state index contributed by atoms with van der Waals surface area (Å²) >= 11 is 0. The average molecular weight is 532 g/mol. The van der Waals surface area contributed by atoms with Crippen LogP contribution in [0.4, 0.5) is 26.3 Å². The van der Waals surface area contributed by atoms with Crippen molar-refractivity contribution in [1.82, 2.24) is 4.98 Å². The molecular weight excluding hydrogens is 504 g/mol. The predicted octanol–water partition coefficient (Wildman–Crippen LogP) is 8.78. The molecule has 0 aliphatic carbocycles. The maximum atomic E-state index is 15.3. The third-order valence-corrected chi connectivity index (χ3v) is 6.34. The molecule has 0 unspecified atom stereocenters. The number of aryl methyl sites for hydroxylation is 3. The Hall–Kier alpha value is -3.55. The van der Waals surface area contributed by atoms with Crippen molar-refractivity contribution in [3.05, 3.63) is 94.9 Å². The summed E-state index contributed by atoms with van der Waals surface area (Å²) in [5.74, 6) is -3.99. The van der Waals surface area contributed by atoms with E-state index in [1.165, 1.54) is 12.0 Å². The molecule has 0 atom stereocenters. The fourth-order valence-electron chi connectivity index (χ4n) is 4.34. The second kappa shape index (κ2) is 11.9. The molecule has 0 spiro atoms. The van der Waals surface area contributed by atoms with Crippen LogP contribution in [0.25, 0.3) is 22.0 Å². The number of fused-ring (bicyclic) bond motifs is 1. The van der Waals surface area contributed by atoms with E-state index in [2.05, 4.69) is 22.7 Å². The molecular formula is C30H27F6NO. The number of benzene rings is 3. The first-order valence-electron chi connectivity index (χ1n) is 12.5. The topological polar surface area (TPSA) is 22.1 Å². The quantitative estimate of drug-likeness (QED) is 0.151. The number of unbranched alkanes of at least 4 members (excludes halogenated alkanes) is 2. The van der Waals surface area contributed by atoms with E-state index >= 15 is 4.39 Å². The molecule has 0 aliphatic heterocycles. The van der Waals surface area contributed by atoms with Gasteiger partial charge in [-0.25, -0.2) is 13.2 Å². The zero-order chi connectivity index (χ0) is 27.3. The van der Waals surface area contributed by atoms with Crippen molar-refractivity contribution in [2.45, 2.75) is 51.6 Å². The van der Waals surface area contributed by atoms with Crippen molar-refractivity contribution in [3.8, 4) is 17.0 Å². The van der Waals surface area contributed by atoms with E-state index in [-0.39, 0.29) is 18.4 Å². The molecule has 0 radical (unpaired) electrons. The van der Waals surface area contributed by atoms with E-state index in [1.807, 2.05) is 18.3 Å². The van der Waals surface area contributed by atoms with E-state index < -0.39 is 36.0 Å². The zero-order valence-electron chi connectivity index (χ0n) is 20.8. The highest BCUT2D eigenvalue weighted by molar-refractivity contribution is 5.88. The Morgan fingerprint density at radius 2 is 1.55 bits per heavy atom. The number of halogens is 6. The standard InChI is InChI=1S/C30H27F6NO/c1-2-3-4-5-19-7-13-27(37-17-19)23-11-12-24-22(16-23)10-9-21(28(24)33)8-6-20-14-25(31)29(26(32)15-20)38-18-30(34,35)36/h7,9-17H,2-6,8,18H2,1H3. The molecule has 4 rings (SSSR count). The largest absolute Gasteiger partial charge is 0.478 e. The van der Waals surface area contributed by atoms with Crippen LogP contribution in [0.15, 0.2) is 60.8 Å². The second-order valence-electron chi connectivity index (χ2n) is 9.28. The number of pyridine rings is 1. The molecule has 0 bridgehead atoms. The van der Waals surface area contributed by atoms with Gasteiger partial charge in [0.1, 0.15) is 5.82 Å². The Bertz CT molecular complexity index is 1380. The zero-order valence-corrected chi connectivity index (χ0v) is 20.8. The fourth-order valence-corrected chi connectivity index (χ4v) is 4.34. The van der Waals surface area contributed by atoms with Crippen LogP contribution in [0.3, 0.4) is 0 Å². The van der Waals surface area contributed by atoms with Crippen molar-refractivity contribution in [1.29, 1.82) is 0 Å². The Morgan fingerprint density at radius 1 is 0.789 bits per heavy atom. The van der Waals surface area contributed by atoms with Gasteiger partial charge in [-0.05, 0) is 72.0 Å². The predicted molar refractivity (Wildman–Crippen MR) is 136 cm³/mol. The minimum atomic E-state index is -4.72. The number of rotatable bonds is 10. The van der Waals surface area contributed by atoms with Gasteiger partial charge in [0.25, 0.3) is 0 Å². The van der Waals surface area contributed by atoms with Crippen LogP contribution in [0.1, 0.15) is 42.9 Å². The molecule has 3 aromatic carbocycles. The van der Waals surface area contributed by atoms with Gasteiger partial charge in [0.05, 0.1) is 5.69 Å². The minimum Gasteiger partial charge on any atom is -0.478 e. The van der Waals surface area contributed by atoms with E-state index in [0.29, 0.717) is 16.3 Å². The SMILES string of the molecule is CCCCCc1ccc(-c2ccc3c(F)c(CCc4cc(F)c(OCC(F)(F)F)c(F)c4)ccc3c2)nc1. The number of aromatic nitrogens is 1. The maximum absolute atomic E-state index is 15.3.